The predicted octanol–water partition coefficient (Wildman–Crippen LogP) is 2.62. The fraction of sp³-hybridized carbons (Fsp3) is 0.182. The zero-order chi connectivity index (χ0) is 11.5. The molecule has 16 heavy (non-hydrogen) atoms. The molecular weight excluding hydrogens is 246 g/mol. The summed E-state index contributed by atoms with van der Waals surface area (Å²) in [6, 6.07) is 9.03. The van der Waals surface area contributed by atoms with Gasteiger partial charge in [0, 0.05) is 6.07 Å². The quantitative estimate of drug-likeness (QED) is 0.844. The van der Waals surface area contributed by atoms with Crippen LogP contribution in [-0.4, -0.2) is 11.1 Å². The third kappa shape index (κ3) is 2.46. The van der Waals surface area contributed by atoms with Gasteiger partial charge in [0.1, 0.15) is 10.1 Å². The molecule has 5 heteroatoms. The van der Waals surface area contributed by atoms with Gasteiger partial charge < -0.3 is 4.74 Å². The molecule has 0 fully saturated rings. The zero-order valence-corrected chi connectivity index (χ0v) is 10.2. The van der Waals surface area contributed by atoms with Crippen molar-refractivity contribution in [3.63, 3.8) is 0 Å². The predicted molar refractivity (Wildman–Crippen MR) is 65.7 cm³/mol. The molecule has 0 saturated carbocycles. The largest absolute Gasteiger partial charge is 0.497 e. The van der Waals surface area contributed by atoms with E-state index in [1.54, 1.807) is 11.1 Å². The molecule has 3 nitrogen and oxygen atoms in total. The fourth-order valence-electron chi connectivity index (χ4n) is 1.35. The molecule has 1 aromatic heterocycles. The van der Waals surface area contributed by atoms with Crippen molar-refractivity contribution >= 4 is 23.1 Å². The SMILES string of the molecule is COc1ccc(Cn2sc(Cl)cc2=O)cc1. The van der Waals surface area contributed by atoms with Crippen LogP contribution in [0.4, 0.5) is 0 Å². The first-order valence-corrected chi connectivity index (χ1v) is 5.84. The number of aromatic nitrogens is 1. The molecule has 0 aliphatic carbocycles. The van der Waals surface area contributed by atoms with Gasteiger partial charge in [-0.05, 0) is 29.2 Å². The van der Waals surface area contributed by atoms with Crippen molar-refractivity contribution in [1.29, 1.82) is 0 Å². The molecule has 0 spiro atoms. The Morgan fingerprint density at radius 2 is 2.06 bits per heavy atom. The molecule has 0 aliphatic heterocycles. The molecule has 0 amide bonds. The van der Waals surface area contributed by atoms with E-state index in [-0.39, 0.29) is 5.56 Å². The maximum absolute atomic E-state index is 11.4. The van der Waals surface area contributed by atoms with Crippen molar-refractivity contribution in [3.05, 3.63) is 50.6 Å². The minimum Gasteiger partial charge on any atom is -0.497 e. The molecule has 0 atom stereocenters. The summed E-state index contributed by atoms with van der Waals surface area (Å²) in [5.41, 5.74) is 0.979. The molecule has 0 bridgehead atoms. The molecule has 84 valence electrons. The van der Waals surface area contributed by atoms with Gasteiger partial charge in [0.05, 0.1) is 13.7 Å². The second-order valence-corrected chi connectivity index (χ2v) is 4.96. The maximum Gasteiger partial charge on any atom is 0.262 e. The molecular formula is C11H10ClNO2S. The van der Waals surface area contributed by atoms with Gasteiger partial charge in [-0.1, -0.05) is 23.7 Å². The topological polar surface area (TPSA) is 31.2 Å². The number of halogens is 1. The summed E-state index contributed by atoms with van der Waals surface area (Å²) in [5.74, 6) is 0.806. The molecule has 1 heterocycles. The molecule has 0 saturated heterocycles. The Hall–Kier alpha value is -1.26. The van der Waals surface area contributed by atoms with Crippen LogP contribution in [0.2, 0.25) is 4.34 Å². The van der Waals surface area contributed by atoms with Crippen molar-refractivity contribution in [1.82, 2.24) is 3.96 Å². The van der Waals surface area contributed by atoms with E-state index < -0.39 is 0 Å². The molecule has 0 N–H and O–H groups in total. The van der Waals surface area contributed by atoms with Crippen LogP contribution in [0.25, 0.3) is 0 Å². The van der Waals surface area contributed by atoms with Gasteiger partial charge in [-0.2, -0.15) is 0 Å². The highest BCUT2D eigenvalue weighted by atomic mass is 35.5. The lowest BCUT2D eigenvalue weighted by Gasteiger charge is -2.03. The Labute approximate surface area is 102 Å². The van der Waals surface area contributed by atoms with Crippen LogP contribution in [0.3, 0.4) is 0 Å². The van der Waals surface area contributed by atoms with Crippen LogP contribution in [0.15, 0.2) is 35.1 Å². The van der Waals surface area contributed by atoms with Crippen LogP contribution < -0.4 is 10.3 Å². The van der Waals surface area contributed by atoms with Gasteiger partial charge in [0.15, 0.2) is 0 Å². The van der Waals surface area contributed by atoms with Gasteiger partial charge in [-0.15, -0.1) is 0 Å². The van der Waals surface area contributed by atoms with Gasteiger partial charge in [0.25, 0.3) is 5.56 Å². The van der Waals surface area contributed by atoms with Crippen molar-refractivity contribution in [2.45, 2.75) is 6.54 Å². The Bertz CT molecular complexity index is 530. The molecule has 0 aliphatic rings. The fourth-order valence-corrected chi connectivity index (χ4v) is 2.42. The summed E-state index contributed by atoms with van der Waals surface area (Å²) in [6.45, 7) is 0.542. The monoisotopic (exact) mass is 255 g/mol. The summed E-state index contributed by atoms with van der Waals surface area (Å²) in [4.78, 5) is 11.4. The van der Waals surface area contributed by atoms with Gasteiger partial charge in [-0.25, -0.2) is 0 Å². The van der Waals surface area contributed by atoms with E-state index in [4.69, 9.17) is 16.3 Å². The smallest absolute Gasteiger partial charge is 0.262 e. The highest BCUT2D eigenvalue weighted by Crippen LogP contribution is 2.16. The third-order valence-electron chi connectivity index (χ3n) is 2.17. The number of ether oxygens (including phenoxy) is 1. The molecule has 1 aromatic carbocycles. The average molecular weight is 256 g/mol. The number of hydrogen-bond donors (Lipinski definition) is 0. The van der Waals surface area contributed by atoms with E-state index >= 15 is 0 Å². The second-order valence-electron chi connectivity index (χ2n) is 3.26. The number of methoxy groups -OCH3 is 1. The average Bonchev–Trinajstić information content (AvgIpc) is 2.59. The molecule has 2 rings (SSSR count). The van der Waals surface area contributed by atoms with Crippen LogP contribution >= 0.6 is 23.1 Å². The lowest BCUT2D eigenvalue weighted by Crippen LogP contribution is -2.12. The van der Waals surface area contributed by atoms with E-state index in [9.17, 15) is 4.79 Å². The molecule has 0 radical (unpaired) electrons. The number of rotatable bonds is 3. The number of hydrogen-bond acceptors (Lipinski definition) is 3. The summed E-state index contributed by atoms with van der Waals surface area (Å²) in [7, 11) is 1.62. The Morgan fingerprint density at radius 1 is 1.38 bits per heavy atom. The number of nitrogens with zero attached hydrogens (tertiary/aromatic N) is 1. The van der Waals surface area contributed by atoms with Gasteiger partial charge in [0.2, 0.25) is 0 Å². The van der Waals surface area contributed by atoms with E-state index in [1.807, 2.05) is 24.3 Å². The number of benzene rings is 1. The summed E-state index contributed by atoms with van der Waals surface area (Å²) < 4.78 is 7.19. The minimum atomic E-state index is -0.0641. The normalized spacial score (nSPS) is 10.4. The first kappa shape index (κ1) is 11.2. The minimum absolute atomic E-state index is 0.0641. The molecule has 2 aromatic rings. The Balaban J connectivity index is 2.20. The van der Waals surface area contributed by atoms with E-state index in [0.717, 1.165) is 11.3 Å². The van der Waals surface area contributed by atoms with E-state index in [2.05, 4.69) is 0 Å². The zero-order valence-electron chi connectivity index (χ0n) is 8.64. The Morgan fingerprint density at radius 3 is 2.56 bits per heavy atom. The van der Waals surface area contributed by atoms with Crippen molar-refractivity contribution in [3.8, 4) is 5.75 Å². The van der Waals surface area contributed by atoms with Crippen molar-refractivity contribution < 1.29 is 4.74 Å². The second kappa shape index (κ2) is 4.72. The van der Waals surface area contributed by atoms with Crippen LogP contribution in [0.1, 0.15) is 5.56 Å². The standard InChI is InChI=1S/C11H10ClNO2S/c1-15-9-4-2-8(3-5-9)7-13-11(14)6-10(12)16-13/h2-6H,7H2,1H3. The maximum atomic E-state index is 11.4. The van der Waals surface area contributed by atoms with Crippen LogP contribution in [0, 0.1) is 0 Å². The van der Waals surface area contributed by atoms with Crippen LogP contribution in [-0.2, 0) is 6.54 Å². The summed E-state index contributed by atoms with van der Waals surface area (Å²) in [6.07, 6.45) is 0. The highest BCUT2D eigenvalue weighted by molar-refractivity contribution is 7.11. The lowest BCUT2D eigenvalue weighted by molar-refractivity contribution is 0.414. The van der Waals surface area contributed by atoms with E-state index in [0.29, 0.717) is 10.9 Å². The van der Waals surface area contributed by atoms with Crippen LogP contribution in [0.5, 0.6) is 5.75 Å². The van der Waals surface area contributed by atoms with Crippen molar-refractivity contribution in [2.75, 3.05) is 7.11 Å². The van der Waals surface area contributed by atoms with E-state index in [1.165, 1.54) is 17.6 Å². The summed E-state index contributed by atoms with van der Waals surface area (Å²) in [5, 5.41) is 0. The molecule has 0 unspecified atom stereocenters. The third-order valence-corrected chi connectivity index (χ3v) is 3.30. The van der Waals surface area contributed by atoms with Crippen molar-refractivity contribution in [2.24, 2.45) is 0 Å². The van der Waals surface area contributed by atoms with Gasteiger partial charge >= 0.3 is 0 Å². The van der Waals surface area contributed by atoms with Gasteiger partial charge in [-0.3, -0.25) is 8.75 Å². The Kier molecular flexibility index (Phi) is 3.31. The highest BCUT2D eigenvalue weighted by Gasteiger charge is 2.03. The first-order chi connectivity index (χ1) is 7.69. The lowest BCUT2D eigenvalue weighted by atomic mass is 10.2. The summed E-state index contributed by atoms with van der Waals surface area (Å²) >= 11 is 7.01. The first-order valence-electron chi connectivity index (χ1n) is 4.68.